The second-order valence-corrected chi connectivity index (χ2v) is 5.79. The Kier molecular flexibility index (Phi) is 4.20. The summed E-state index contributed by atoms with van der Waals surface area (Å²) >= 11 is 0. The van der Waals surface area contributed by atoms with Gasteiger partial charge in [-0.1, -0.05) is 24.4 Å². The number of hydrogen-bond donors (Lipinski definition) is 2. The summed E-state index contributed by atoms with van der Waals surface area (Å²) in [5.41, 5.74) is 0.183. The smallest absolute Gasteiger partial charge is 0.273 e. The number of aromatic nitrogens is 2. The summed E-state index contributed by atoms with van der Waals surface area (Å²) in [6, 6.07) is 5.20. The first-order valence-electron chi connectivity index (χ1n) is 7.54. The van der Waals surface area contributed by atoms with Crippen molar-refractivity contribution >= 4 is 5.91 Å². The topological polar surface area (TPSA) is 88.2 Å². The van der Waals surface area contributed by atoms with E-state index in [4.69, 9.17) is 4.52 Å². The lowest BCUT2D eigenvalue weighted by Gasteiger charge is -2.31. The molecule has 0 radical (unpaired) electrons. The van der Waals surface area contributed by atoms with Gasteiger partial charge in [0.05, 0.1) is 5.60 Å². The summed E-state index contributed by atoms with van der Waals surface area (Å²) in [5.74, 6) is 0.160. The fourth-order valence-corrected chi connectivity index (χ4v) is 2.75. The first kappa shape index (κ1) is 14.7. The van der Waals surface area contributed by atoms with E-state index in [2.05, 4.69) is 15.5 Å². The summed E-state index contributed by atoms with van der Waals surface area (Å²) in [5, 5.41) is 16.9. The van der Waals surface area contributed by atoms with Crippen molar-refractivity contribution in [1.29, 1.82) is 0 Å². The van der Waals surface area contributed by atoms with Crippen LogP contribution >= 0.6 is 0 Å². The molecule has 0 bridgehead atoms. The van der Waals surface area contributed by atoms with Crippen LogP contribution in [-0.2, 0) is 0 Å². The van der Waals surface area contributed by atoms with Crippen LogP contribution < -0.4 is 5.32 Å². The quantitative estimate of drug-likeness (QED) is 0.903. The van der Waals surface area contributed by atoms with Crippen molar-refractivity contribution in [2.24, 2.45) is 0 Å². The molecule has 1 fully saturated rings. The number of hydrogen-bond acceptors (Lipinski definition) is 5. The molecule has 1 amide bonds. The molecule has 0 saturated heterocycles. The van der Waals surface area contributed by atoms with Gasteiger partial charge in [0.15, 0.2) is 11.5 Å². The lowest BCUT2D eigenvalue weighted by molar-refractivity contribution is 0.00518. The lowest BCUT2D eigenvalue weighted by Crippen LogP contribution is -2.44. The molecule has 0 aliphatic heterocycles. The van der Waals surface area contributed by atoms with Crippen LogP contribution in [0.15, 0.2) is 35.1 Å². The summed E-state index contributed by atoms with van der Waals surface area (Å²) in [6.45, 7) is 0.251. The molecule has 0 atom stereocenters. The standard InChI is InChI=1S/C16H19N3O3/c20-15(18-11-16(21)6-2-1-3-7-16)13-9-14(22-19-13)12-5-4-8-17-10-12/h4-5,8-10,21H,1-3,6-7,11H2,(H,18,20). The van der Waals surface area contributed by atoms with Gasteiger partial charge in [-0.05, 0) is 25.0 Å². The number of amides is 1. The maximum absolute atomic E-state index is 12.1. The summed E-state index contributed by atoms with van der Waals surface area (Å²) in [4.78, 5) is 16.1. The second-order valence-electron chi connectivity index (χ2n) is 5.79. The van der Waals surface area contributed by atoms with Gasteiger partial charge in [-0.3, -0.25) is 9.78 Å². The highest BCUT2D eigenvalue weighted by atomic mass is 16.5. The largest absolute Gasteiger partial charge is 0.388 e. The summed E-state index contributed by atoms with van der Waals surface area (Å²) < 4.78 is 5.18. The lowest BCUT2D eigenvalue weighted by atomic mass is 9.85. The van der Waals surface area contributed by atoms with E-state index in [0.717, 1.165) is 37.7 Å². The monoisotopic (exact) mass is 301 g/mol. The van der Waals surface area contributed by atoms with Gasteiger partial charge in [-0.25, -0.2) is 0 Å². The number of aliphatic hydroxyl groups is 1. The van der Waals surface area contributed by atoms with Crippen molar-refractivity contribution in [3.05, 3.63) is 36.3 Å². The molecule has 2 aromatic heterocycles. The fourth-order valence-electron chi connectivity index (χ4n) is 2.75. The van der Waals surface area contributed by atoms with E-state index in [1.54, 1.807) is 24.5 Å². The first-order valence-corrected chi connectivity index (χ1v) is 7.54. The van der Waals surface area contributed by atoms with Gasteiger partial charge >= 0.3 is 0 Å². The minimum atomic E-state index is -0.788. The Morgan fingerprint density at radius 3 is 2.91 bits per heavy atom. The Hall–Kier alpha value is -2.21. The van der Waals surface area contributed by atoms with Gasteiger partial charge in [-0.2, -0.15) is 0 Å². The third-order valence-corrected chi connectivity index (χ3v) is 4.05. The van der Waals surface area contributed by atoms with Crippen molar-refractivity contribution < 1.29 is 14.4 Å². The first-order chi connectivity index (χ1) is 10.7. The highest BCUT2D eigenvalue weighted by Gasteiger charge is 2.29. The van der Waals surface area contributed by atoms with Gasteiger partial charge < -0.3 is 14.9 Å². The zero-order valence-electron chi connectivity index (χ0n) is 12.3. The van der Waals surface area contributed by atoms with E-state index in [-0.39, 0.29) is 18.1 Å². The molecule has 6 nitrogen and oxygen atoms in total. The number of nitrogens with zero attached hydrogens (tertiary/aromatic N) is 2. The maximum Gasteiger partial charge on any atom is 0.273 e. The molecule has 116 valence electrons. The second kappa shape index (κ2) is 6.27. The number of carbonyl (C=O) groups is 1. The number of rotatable bonds is 4. The fraction of sp³-hybridized carbons (Fsp3) is 0.438. The van der Waals surface area contributed by atoms with E-state index in [1.165, 1.54) is 0 Å². The van der Waals surface area contributed by atoms with Crippen LogP contribution in [0.4, 0.5) is 0 Å². The van der Waals surface area contributed by atoms with Crippen LogP contribution in [0.25, 0.3) is 11.3 Å². The molecule has 2 aromatic rings. The molecular formula is C16H19N3O3. The van der Waals surface area contributed by atoms with Crippen LogP contribution in [-0.4, -0.2) is 33.3 Å². The molecule has 0 unspecified atom stereocenters. The normalized spacial score (nSPS) is 17.1. The SMILES string of the molecule is O=C(NCC1(O)CCCCC1)c1cc(-c2cccnc2)on1. The Morgan fingerprint density at radius 1 is 1.36 bits per heavy atom. The van der Waals surface area contributed by atoms with E-state index in [1.807, 2.05) is 6.07 Å². The molecule has 3 rings (SSSR count). The Bertz CT molecular complexity index is 633. The molecule has 2 heterocycles. The Morgan fingerprint density at radius 2 is 2.18 bits per heavy atom. The summed E-state index contributed by atoms with van der Waals surface area (Å²) in [7, 11) is 0. The number of carbonyl (C=O) groups excluding carboxylic acids is 1. The molecule has 22 heavy (non-hydrogen) atoms. The van der Waals surface area contributed by atoms with Crippen LogP contribution in [0.5, 0.6) is 0 Å². The van der Waals surface area contributed by atoms with Crippen molar-refractivity contribution in [3.8, 4) is 11.3 Å². The minimum Gasteiger partial charge on any atom is -0.388 e. The molecule has 1 saturated carbocycles. The summed E-state index contributed by atoms with van der Waals surface area (Å²) in [6.07, 6.45) is 7.92. The van der Waals surface area contributed by atoms with Crippen molar-refractivity contribution in [2.45, 2.75) is 37.7 Å². The van der Waals surface area contributed by atoms with Gasteiger partial charge in [0.2, 0.25) is 0 Å². The molecule has 0 aromatic carbocycles. The Labute approximate surface area is 128 Å². The predicted molar refractivity (Wildman–Crippen MR) is 80.1 cm³/mol. The van der Waals surface area contributed by atoms with E-state index < -0.39 is 5.60 Å². The van der Waals surface area contributed by atoms with Crippen molar-refractivity contribution in [3.63, 3.8) is 0 Å². The minimum absolute atomic E-state index is 0.207. The van der Waals surface area contributed by atoms with Crippen LogP contribution in [0, 0.1) is 0 Å². The zero-order valence-corrected chi connectivity index (χ0v) is 12.3. The van der Waals surface area contributed by atoms with Gasteiger partial charge in [0.1, 0.15) is 0 Å². The van der Waals surface area contributed by atoms with Crippen molar-refractivity contribution in [2.75, 3.05) is 6.54 Å². The van der Waals surface area contributed by atoms with Crippen LogP contribution in [0.2, 0.25) is 0 Å². The highest BCUT2D eigenvalue weighted by Crippen LogP contribution is 2.27. The molecule has 6 heteroatoms. The number of pyridine rings is 1. The van der Waals surface area contributed by atoms with Crippen LogP contribution in [0.1, 0.15) is 42.6 Å². The van der Waals surface area contributed by atoms with Crippen LogP contribution in [0.3, 0.4) is 0 Å². The highest BCUT2D eigenvalue weighted by molar-refractivity contribution is 5.93. The molecule has 2 N–H and O–H groups in total. The Balaban J connectivity index is 1.62. The predicted octanol–water partition coefficient (Wildman–Crippen LogP) is 2.16. The van der Waals surface area contributed by atoms with Gasteiger partial charge in [0, 0.05) is 30.6 Å². The third-order valence-electron chi connectivity index (χ3n) is 4.05. The maximum atomic E-state index is 12.1. The van der Waals surface area contributed by atoms with Gasteiger partial charge in [-0.15, -0.1) is 0 Å². The molecular weight excluding hydrogens is 282 g/mol. The average Bonchev–Trinajstić information content (AvgIpc) is 3.04. The van der Waals surface area contributed by atoms with E-state index >= 15 is 0 Å². The molecule has 0 spiro atoms. The molecule has 1 aliphatic rings. The van der Waals surface area contributed by atoms with E-state index in [0.29, 0.717) is 5.76 Å². The molecule has 1 aliphatic carbocycles. The van der Waals surface area contributed by atoms with Gasteiger partial charge in [0.25, 0.3) is 5.91 Å². The zero-order chi connectivity index (χ0) is 15.4. The third kappa shape index (κ3) is 3.33. The number of nitrogens with one attached hydrogen (secondary N) is 1. The average molecular weight is 301 g/mol. The van der Waals surface area contributed by atoms with E-state index in [9.17, 15) is 9.90 Å². The van der Waals surface area contributed by atoms with Crippen molar-refractivity contribution in [1.82, 2.24) is 15.5 Å².